The van der Waals surface area contributed by atoms with Gasteiger partial charge in [-0.05, 0) is 25.0 Å². The molecule has 1 saturated heterocycles. The van der Waals surface area contributed by atoms with Crippen LogP contribution in [0.2, 0.25) is 0 Å². The van der Waals surface area contributed by atoms with E-state index in [9.17, 15) is 4.79 Å². The molecule has 0 spiro atoms. The number of amides is 1. The molecular weight excluding hydrogens is 316 g/mol. The minimum atomic E-state index is -0.265. The molecule has 2 fully saturated rings. The van der Waals surface area contributed by atoms with Gasteiger partial charge in [-0.1, -0.05) is 39.2 Å². The Bertz CT molecular complexity index is 564. The Labute approximate surface area is 150 Å². The number of hydrogen-bond donors (Lipinski definition) is 1. The van der Waals surface area contributed by atoms with Gasteiger partial charge in [0.05, 0.1) is 31.6 Å². The summed E-state index contributed by atoms with van der Waals surface area (Å²) in [6.45, 7) is 5.45. The minimum absolute atomic E-state index is 0.0176. The molecule has 138 valence electrons. The topological polar surface area (TPSA) is 60.5 Å². The molecule has 2 unspecified atom stereocenters. The Morgan fingerprint density at radius 2 is 2.00 bits per heavy atom. The summed E-state index contributed by atoms with van der Waals surface area (Å²) in [5.74, 6) is 0.483. The zero-order valence-corrected chi connectivity index (χ0v) is 15.4. The lowest BCUT2D eigenvalue weighted by Crippen LogP contribution is -2.44. The van der Waals surface area contributed by atoms with Crippen LogP contribution >= 0.6 is 0 Å². The van der Waals surface area contributed by atoms with Crippen molar-refractivity contribution in [2.45, 2.75) is 64.0 Å². The number of pyridine rings is 1. The number of carbonyl (C=O) groups is 1. The van der Waals surface area contributed by atoms with E-state index in [1.807, 2.05) is 19.9 Å². The predicted molar refractivity (Wildman–Crippen MR) is 96.3 cm³/mol. The van der Waals surface area contributed by atoms with Crippen LogP contribution in [0.5, 0.6) is 0 Å². The molecule has 1 N–H and O–H groups in total. The molecule has 1 aliphatic heterocycles. The lowest BCUT2D eigenvalue weighted by atomic mass is 9.86. The number of carbonyl (C=O) groups excluding carboxylic acids is 1. The summed E-state index contributed by atoms with van der Waals surface area (Å²) in [6, 6.07) is 5.91. The molecule has 0 radical (unpaired) electrons. The molecule has 5 heteroatoms. The molecule has 25 heavy (non-hydrogen) atoms. The third kappa shape index (κ3) is 4.79. The molecule has 1 aliphatic carbocycles. The van der Waals surface area contributed by atoms with Crippen LogP contribution in [0.15, 0.2) is 18.2 Å². The van der Waals surface area contributed by atoms with Crippen LogP contribution in [0.4, 0.5) is 0 Å². The molecule has 1 amide bonds. The average molecular weight is 346 g/mol. The van der Waals surface area contributed by atoms with Gasteiger partial charge >= 0.3 is 0 Å². The summed E-state index contributed by atoms with van der Waals surface area (Å²) >= 11 is 0. The van der Waals surface area contributed by atoms with E-state index in [0.29, 0.717) is 25.7 Å². The van der Waals surface area contributed by atoms with Gasteiger partial charge < -0.3 is 14.8 Å². The van der Waals surface area contributed by atoms with Crippen molar-refractivity contribution >= 4 is 5.91 Å². The molecule has 5 nitrogen and oxygen atoms in total. The summed E-state index contributed by atoms with van der Waals surface area (Å²) < 4.78 is 11.4. The van der Waals surface area contributed by atoms with Gasteiger partial charge in [0, 0.05) is 17.5 Å². The highest BCUT2D eigenvalue weighted by Gasteiger charge is 2.30. The molecule has 0 bridgehead atoms. The van der Waals surface area contributed by atoms with Crippen LogP contribution in [-0.2, 0) is 14.3 Å². The van der Waals surface area contributed by atoms with Crippen molar-refractivity contribution in [2.75, 3.05) is 19.8 Å². The lowest BCUT2D eigenvalue weighted by molar-refractivity contribution is -0.131. The highest BCUT2D eigenvalue weighted by molar-refractivity contribution is 5.78. The summed E-state index contributed by atoms with van der Waals surface area (Å²) in [7, 11) is 0. The Morgan fingerprint density at radius 1 is 1.20 bits per heavy atom. The van der Waals surface area contributed by atoms with E-state index >= 15 is 0 Å². The van der Waals surface area contributed by atoms with Gasteiger partial charge in [-0.3, -0.25) is 9.78 Å². The standard InChI is InChI=1S/C20H30N2O3/c1-14(2)20(23)22-19(18-13-24-11-12-25-18)17-10-6-9-16(21-17)15-7-4-3-5-8-15/h6,9-10,14-15,18-19H,3-5,7-8,11-13H2,1-2H3,(H,22,23). The zero-order valence-electron chi connectivity index (χ0n) is 15.4. The lowest BCUT2D eigenvalue weighted by Gasteiger charge is -2.32. The first-order chi connectivity index (χ1) is 12.1. The van der Waals surface area contributed by atoms with Gasteiger partial charge in [-0.25, -0.2) is 0 Å². The molecule has 2 aliphatic rings. The van der Waals surface area contributed by atoms with Crippen molar-refractivity contribution in [3.8, 4) is 0 Å². The van der Waals surface area contributed by atoms with Crippen molar-refractivity contribution in [3.63, 3.8) is 0 Å². The van der Waals surface area contributed by atoms with E-state index in [2.05, 4.69) is 17.4 Å². The third-order valence-corrected chi connectivity index (χ3v) is 5.17. The predicted octanol–water partition coefficient (Wildman–Crippen LogP) is 3.36. The van der Waals surface area contributed by atoms with Gasteiger partial charge in [-0.15, -0.1) is 0 Å². The van der Waals surface area contributed by atoms with E-state index in [-0.39, 0.29) is 24.0 Å². The molecule has 2 atom stereocenters. The van der Waals surface area contributed by atoms with Gasteiger partial charge in [0.2, 0.25) is 5.91 Å². The maximum absolute atomic E-state index is 12.3. The van der Waals surface area contributed by atoms with Crippen LogP contribution in [-0.4, -0.2) is 36.8 Å². The fourth-order valence-corrected chi connectivity index (χ4v) is 3.64. The fraction of sp³-hybridized carbons (Fsp3) is 0.700. The van der Waals surface area contributed by atoms with E-state index in [1.165, 1.54) is 32.1 Å². The first-order valence-corrected chi connectivity index (χ1v) is 9.61. The van der Waals surface area contributed by atoms with E-state index in [4.69, 9.17) is 14.5 Å². The first-order valence-electron chi connectivity index (χ1n) is 9.61. The molecule has 2 heterocycles. The van der Waals surface area contributed by atoms with Crippen molar-refractivity contribution in [1.82, 2.24) is 10.3 Å². The molecular formula is C20H30N2O3. The van der Waals surface area contributed by atoms with Crippen molar-refractivity contribution in [1.29, 1.82) is 0 Å². The summed E-state index contributed by atoms with van der Waals surface area (Å²) in [4.78, 5) is 17.3. The SMILES string of the molecule is CC(C)C(=O)NC(c1cccc(C2CCCCC2)n1)C1COCCO1. The first kappa shape index (κ1) is 18.3. The number of nitrogens with one attached hydrogen (secondary N) is 1. The van der Waals surface area contributed by atoms with Crippen LogP contribution in [0.25, 0.3) is 0 Å². The smallest absolute Gasteiger partial charge is 0.223 e. The second-order valence-electron chi connectivity index (χ2n) is 7.45. The normalized spacial score (nSPS) is 23.4. The number of ether oxygens (including phenoxy) is 2. The minimum Gasteiger partial charge on any atom is -0.376 e. The van der Waals surface area contributed by atoms with Gasteiger partial charge in [0.25, 0.3) is 0 Å². The molecule has 3 rings (SSSR count). The maximum Gasteiger partial charge on any atom is 0.223 e. The van der Waals surface area contributed by atoms with Gasteiger partial charge in [0.1, 0.15) is 6.10 Å². The third-order valence-electron chi connectivity index (χ3n) is 5.17. The average Bonchev–Trinajstić information content (AvgIpc) is 2.67. The molecule has 0 aromatic carbocycles. The van der Waals surface area contributed by atoms with E-state index < -0.39 is 0 Å². The highest BCUT2D eigenvalue weighted by Crippen LogP contribution is 2.32. The fourth-order valence-electron chi connectivity index (χ4n) is 3.64. The Morgan fingerprint density at radius 3 is 2.68 bits per heavy atom. The van der Waals surface area contributed by atoms with Crippen LogP contribution in [0.3, 0.4) is 0 Å². The molecule has 1 aromatic heterocycles. The number of nitrogens with zero attached hydrogens (tertiary/aromatic N) is 1. The molecule has 1 aromatic rings. The highest BCUT2D eigenvalue weighted by atomic mass is 16.6. The second-order valence-corrected chi connectivity index (χ2v) is 7.45. The van der Waals surface area contributed by atoms with Crippen LogP contribution in [0.1, 0.15) is 69.3 Å². The quantitative estimate of drug-likeness (QED) is 0.888. The Kier molecular flexibility index (Phi) is 6.43. The second kappa shape index (κ2) is 8.77. The van der Waals surface area contributed by atoms with Crippen molar-refractivity contribution in [3.05, 3.63) is 29.6 Å². The number of aromatic nitrogens is 1. The van der Waals surface area contributed by atoms with Gasteiger partial charge in [-0.2, -0.15) is 0 Å². The zero-order chi connectivity index (χ0) is 17.6. The monoisotopic (exact) mass is 346 g/mol. The number of rotatable bonds is 5. The van der Waals surface area contributed by atoms with E-state index in [1.54, 1.807) is 0 Å². The van der Waals surface area contributed by atoms with Gasteiger partial charge in [0.15, 0.2) is 0 Å². The Hall–Kier alpha value is -1.46. The van der Waals surface area contributed by atoms with E-state index in [0.717, 1.165) is 11.4 Å². The van der Waals surface area contributed by atoms with Crippen molar-refractivity contribution < 1.29 is 14.3 Å². The summed E-state index contributed by atoms with van der Waals surface area (Å²) in [5, 5.41) is 3.13. The summed E-state index contributed by atoms with van der Waals surface area (Å²) in [6.07, 6.45) is 6.13. The number of hydrogen-bond acceptors (Lipinski definition) is 4. The maximum atomic E-state index is 12.3. The van der Waals surface area contributed by atoms with Crippen molar-refractivity contribution in [2.24, 2.45) is 5.92 Å². The Balaban J connectivity index is 1.82. The molecule has 1 saturated carbocycles. The summed E-state index contributed by atoms with van der Waals surface area (Å²) in [5.41, 5.74) is 2.03. The largest absolute Gasteiger partial charge is 0.376 e. The van der Waals surface area contributed by atoms with Crippen LogP contribution < -0.4 is 5.32 Å². The van der Waals surface area contributed by atoms with Crippen LogP contribution in [0, 0.1) is 5.92 Å².